The summed E-state index contributed by atoms with van der Waals surface area (Å²) >= 11 is 0. The van der Waals surface area contributed by atoms with Gasteiger partial charge in [0.1, 0.15) is 47.8 Å². The Bertz CT molecular complexity index is 2240. The van der Waals surface area contributed by atoms with Gasteiger partial charge >= 0.3 is 31.7 Å². The first-order chi connectivity index (χ1) is 32.6. The third-order valence-corrected chi connectivity index (χ3v) is 10.8. The van der Waals surface area contributed by atoms with Crippen molar-refractivity contribution in [2.75, 3.05) is 0 Å². The lowest BCUT2D eigenvalue weighted by Crippen LogP contribution is -2.61. The van der Waals surface area contributed by atoms with Crippen LogP contribution in [0.15, 0.2) is 48.5 Å². The Kier molecular flexibility index (Phi) is 23.4. The van der Waals surface area contributed by atoms with Crippen LogP contribution in [0.2, 0.25) is 0 Å². The van der Waals surface area contributed by atoms with Crippen molar-refractivity contribution < 1.29 is 92.4 Å². The van der Waals surface area contributed by atoms with Gasteiger partial charge in [0.25, 0.3) is 0 Å². The monoisotopic (exact) mass is 1010 g/mol. The minimum atomic E-state index is -5.00. The Morgan fingerprint density at radius 3 is 1.47 bits per heavy atom. The van der Waals surface area contributed by atoms with Crippen LogP contribution in [-0.2, 0) is 65.4 Å². The highest BCUT2D eigenvalue weighted by Crippen LogP contribution is 2.37. The van der Waals surface area contributed by atoms with Crippen molar-refractivity contribution in [1.29, 1.82) is 0 Å². The topological polar surface area (TPSA) is 437 Å². The molecule has 0 saturated carbocycles. The molecule has 2 aromatic carbocycles. The molecule has 0 fully saturated rings. The highest BCUT2D eigenvalue weighted by Gasteiger charge is 2.36. The van der Waals surface area contributed by atoms with Gasteiger partial charge < -0.3 is 67.7 Å². The second-order valence-electron chi connectivity index (χ2n) is 16.7. The van der Waals surface area contributed by atoms with Crippen molar-refractivity contribution in [2.45, 2.75) is 121 Å². The first kappa shape index (κ1) is 59.0. The molecule has 0 aliphatic rings. The lowest BCUT2D eigenvalue weighted by Gasteiger charge is -2.29. The zero-order valence-electron chi connectivity index (χ0n) is 38.5. The van der Waals surface area contributed by atoms with Crippen LogP contribution in [0.3, 0.4) is 0 Å². The van der Waals surface area contributed by atoms with E-state index in [1.54, 1.807) is 20.8 Å². The molecule has 0 aromatic heterocycles. The number of rotatable bonds is 30. The number of carbonyl (C=O) groups is 10. The Labute approximate surface area is 400 Å². The summed E-state index contributed by atoms with van der Waals surface area (Å²) < 4.78 is 16.0. The van der Waals surface area contributed by atoms with E-state index in [1.165, 1.54) is 43.3 Å². The number of aliphatic carboxylic acids is 4. The van der Waals surface area contributed by atoms with Crippen molar-refractivity contribution in [1.82, 2.24) is 31.9 Å². The van der Waals surface area contributed by atoms with Crippen LogP contribution in [0.25, 0.3) is 0 Å². The predicted molar refractivity (Wildman–Crippen MR) is 242 cm³/mol. The molecule has 0 unspecified atom stereocenters. The van der Waals surface area contributed by atoms with E-state index in [0.717, 1.165) is 12.1 Å². The summed E-state index contributed by atoms with van der Waals surface area (Å²) in [5.41, 5.74) is 6.34. The third-order valence-electron chi connectivity index (χ3n) is 10.4. The molecule has 0 saturated heterocycles. The normalized spacial score (nSPS) is 14.7. The van der Waals surface area contributed by atoms with Gasteiger partial charge in [-0.25, -0.2) is 9.36 Å². The number of carboxylic acid groups (broad SMARTS) is 4. The van der Waals surface area contributed by atoms with Gasteiger partial charge in [0, 0.05) is 19.3 Å². The van der Waals surface area contributed by atoms with E-state index in [4.69, 9.17) is 10.8 Å². The van der Waals surface area contributed by atoms with E-state index >= 15 is 0 Å². The van der Waals surface area contributed by atoms with Gasteiger partial charge in [-0.2, -0.15) is 0 Å². The number of nitrogens with one attached hydrogen (secondary N) is 6. The second kappa shape index (κ2) is 27.7. The molecule has 0 aliphatic carbocycles. The summed E-state index contributed by atoms with van der Waals surface area (Å²) in [4.78, 5) is 147. The average Bonchev–Trinajstić information content (AvgIpc) is 3.25. The largest absolute Gasteiger partial charge is 0.524 e. The van der Waals surface area contributed by atoms with E-state index in [2.05, 4.69) is 36.4 Å². The van der Waals surface area contributed by atoms with Crippen molar-refractivity contribution in [3.8, 4) is 11.5 Å². The number of phosphoric ester groups is 1. The minimum absolute atomic E-state index is 0.103. The molecule has 27 heteroatoms. The molecule has 8 atom stereocenters. The molecule has 0 spiro atoms. The van der Waals surface area contributed by atoms with Gasteiger partial charge in [0.05, 0.1) is 18.9 Å². The van der Waals surface area contributed by atoms with E-state index in [1.807, 2.05) is 0 Å². The lowest BCUT2D eigenvalue weighted by molar-refractivity contribution is -0.147. The zero-order valence-corrected chi connectivity index (χ0v) is 39.4. The van der Waals surface area contributed by atoms with Crippen molar-refractivity contribution in [3.05, 3.63) is 59.7 Å². The van der Waals surface area contributed by atoms with E-state index in [-0.39, 0.29) is 48.7 Å². The number of nitrogens with two attached hydrogens (primary N) is 1. The lowest BCUT2D eigenvalue weighted by atomic mass is 9.96. The third kappa shape index (κ3) is 21.4. The number of phenolic OH excluding ortho intramolecular Hbond substituents is 1. The minimum Gasteiger partial charge on any atom is -0.508 e. The molecule has 0 aliphatic heterocycles. The zero-order chi connectivity index (χ0) is 53.0. The number of phosphoric acid groups is 1. The van der Waals surface area contributed by atoms with Gasteiger partial charge in [-0.3, -0.25) is 52.9 Å². The van der Waals surface area contributed by atoms with Crippen molar-refractivity contribution in [2.24, 2.45) is 17.6 Å². The van der Waals surface area contributed by atoms with Crippen LogP contribution in [0.5, 0.6) is 11.5 Å². The number of hydrogen-bond donors (Lipinski definition) is 14. The number of hydrogen-bond acceptors (Lipinski definition) is 14. The molecule has 0 heterocycles. The first-order valence-electron chi connectivity index (χ1n) is 21.7. The van der Waals surface area contributed by atoms with E-state index < -0.39 is 141 Å². The van der Waals surface area contributed by atoms with Gasteiger partial charge in [0.2, 0.25) is 35.4 Å². The van der Waals surface area contributed by atoms with Crippen LogP contribution >= 0.6 is 7.82 Å². The molecule has 0 bridgehead atoms. The first-order valence-corrected chi connectivity index (χ1v) is 23.2. The summed E-state index contributed by atoms with van der Waals surface area (Å²) in [7, 11) is -5.00. The highest BCUT2D eigenvalue weighted by atomic mass is 31.2. The number of amides is 6. The number of carboxylic acids is 4. The summed E-state index contributed by atoms with van der Waals surface area (Å²) in [6, 6.07) is -1.26. The van der Waals surface area contributed by atoms with Crippen LogP contribution in [0.4, 0.5) is 0 Å². The molecule has 70 heavy (non-hydrogen) atoms. The predicted octanol–water partition coefficient (Wildman–Crippen LogP) is -1.12. The van der Waals surface area contributed by atoms with Crippen LogP contribution in [-0.4, -0.2) is 137 Å². The van der Waals surface area contributed by atoms with Gasteiger partial charge in [-0.15, -0.1) is 0 Å². The SMILES string of the molecule is CC[C@H](C)[C@H](NC(=O)[C@H](CC(=O)O)NC(=O)[C@@H](N)CCC(=O)O)C(=O)N[C@@H](Cc1ccc(OP(=O)(O)O)cc1)C(=O)N[C@@H](Cc1ccc(O)cc1)C(=O)N[C@@H](CC(C)C)C(=O)N[C@@H](CC(=O)O)C(=O)O. The molecule has 2 rings (SSSR count). The average molecular weight is 1010 g/mol. The molecule has 0 radical (unpaired) electrons. The fourth-order valence-electron chi connectivity index (χ4n) is 6.53. The molecule has 2 aromatic rings. The molecular weight excluding hydrogens is 949 g/mol. The van der Waals surface area contributed by atoms with Gasteiger partial charge in [-0.05, 0) is 60.1 Å². The van der Waals surface area contributed by atoms with Crippen LogP contribution in [0, 0.1) is 11.8 Å². The fourth-order valence-corrected chi connectivity index (χ4v) is 6.93. The number of aromatic hydroxyl groups is 1. The maximum Gasteiger partial charge on any atom is 0.524 e. The highest BCUT2D eigenvalue weighted by molar-refractivity contribution is 7.46. The van der Waals surface area contributed by atoms with Crippen LogP contribution < -0.4 is 42.2 Å². The Morgan fingerprint density at radius 1 is 0.586 bits per heavy atom. The van der Waals surface area contributed by atoms with Crippen molar-refractivity contribution in [3.63, 3.8) is 0 Å². The van der Waals surface area contributed by atoms with Gasteiger partial charge in [0.15, 0.2) is 0 Å². The Morgan fingerprint density at radius 2 is 1.01 bits per heavy atom. The molecule has 386 valence electrons. The molecule has 26 nitrogen and oxygen atoms in total. The second-order valence-corrected chi connectivity index (χ2v) is 17.8. The summed E-state index contributed by atoms with van der Waals surface area (Å²) in [5.74, 6) is -14.0. The Balaban J connectivity index is 2.63. The summed E-state index contributed by atoms with van der Waals surface area (Å²) in [6.45, 7) is 6.50. The number of phenols is 1. The maximum absolute atomic E-state index is 14.5. The van der Waals surface area contributed by atoms with Crippen LogP contribution in [0.1, 0.15) is 77.3 Å². The number of carbonyl (C=O) groups excluding carboxylic acids is 6. The summed E-state index contributed by atoms with van der Waals surface area (Å²) in [6.07, 6.45) is -3.56. The summed E-state index contributed by atoms with van der Waals surface area (Å²) in [5, 5.41) is 61.4. The standard InChI is InChI=1S/C43H60N7O19P/c1-5-22(4)36(50-41(62)31(19-34(54)55)45-37(58)27(44)14-15-33(52)53)42(63)48-30(18-24-8-12-26(13-9-24)69-70(66,67)68)40(61)47-29(17-23-6-10-25(51)11-7-23)39(60)46-28(16-21(2)3)38(59)49-32(43(64)65)20-35(56)57/h6-13,21-22,27-32,36,51H,5,14-20,44H2,1-4H3,(H,45,58)(H,46,60)(H,47,61)(H,48,63)(H,49,59)(H,50,62)(H,52,53)(H,54,55)(H,56,57)(H,64,65)(H2,66,67,68)/t22-,27-,28-,29-,30-,31-,32-,36-/m0/s1. The van der Waals surface area contributed by atoms with E-state index in [0.29, 0.717) is 5.56 Å². The molecule has 15 N–H and O–H groups in total. The van der Waals surface area contributed by atoms with Gasteiger partial charge in [-0.1, -0.05) is 58.4 Å². The fraction of sp³-hybridized carbons (Fsp3) is 0.488. The van der Waals surface area contributed by atoms with Crippen molar-refractivity contribution >= 4 is 67.1 Å². The maximum atomic E-state index is 14.5. The Hall–Kier alpha value is -7.15. The quantitative estimate of drug-likeness (QED) is 0.0412. The van der Waals surface area contributed by atoms with E-state index in [9.17, 15) is 82.7 Å². The smallest absolute Gasteiger partial charge is 0.508 e. The number of benzene rings is 2. The molecular formula is C43H60N7O19P. The molecule has 6 amide bonds.